The largest absolute Gasteiger partial charge is 0.0743 e. The van der Waals surface area contributed by atoms with Crippen LogP contribution in [0.25, 0.3) is 0 Å². The second-order valence-electron chi connectivity index (χ2n) is 16.0. The van der Waals surface area contributed by atoms with Crippen molar-refractivity contribution in [1.29, 1.82) is 0 Å². The minimum absolute atomic E-state index is 0.446. The Hall–Kier alpha value is 0.0649. The maximum Gasteiger partial charge on any atom is 0.0703 e. The predicted molar refractivity (Wildman–Crippen MR) is 161 cm³/mol. The summed E-state index contributed by atoms with van der Waals surface area (Å²) in [4.78, 5) is 0. The fourth-order valence-electron chi connectivity index (χ4n) is 9.07. The van der Waals surface area contributed by atoms with Gasteiger partial charge >= 0.3 is 0 Å². The van der Waals surface area contributed by atoms with Crippen LogP contribution in [-0.2, 0) is 0 Å². The lowest BCUT2D eigenvalue weighted by Gasteiger charge is -2.43. The molecule has 0 N–H and O–H groups in total. The summed E-state index contributed by atoms with van der Waals surface area (Å²) >= 11 is 0. The summed E-state index contributed by atoms with van der Waals surface area (Å²) in [6.45, 7) is 22.3. The third kappa shape index (κ3) is 8.53. The standard InChI is InChI=1S/C35H65B/c1-22(2)31-15-27(16-32(20-31)23(3)4)14-26(9)29-10-12-30(13-11-29)35(36)19-28-17-33(24(5)6)21-34(18-28)25(7)8/h22-35H,10-21H2,1-9H3. The van der Waals surface area contributed by atoms with Crippen molar-refractivity contribution in [3.8, 4) is 0 Å². The maximum atomic E-state index is 6.98. The zero-order valence-corrected chi connectivity index (χ0v) is 26.1. The van der Waals surface area contributed by atoms with E-state index in [1.807, 2.05) is 0 Å². The van der Waals surface area contributed by atoms with E-state index in [2.05, 4.69) is 62.3 Å². The highest BCUT2D eigenvalue weighted by Crippen LogP contribution is 2.48. The number of rotatable bonds is 10. The molecular formula is C35H65B. The van der Waals surface area contributed by atoms with Crippen LogP contribution in [0.4, 0.5) is 0 Å². The average molecular weight is 497 g/mol. The van der Waals surface area contributed by atoms with E-state index in [0.717, 1.165) is 76.9 Å². The molecule has 0 aromatic carbocycles. The fourth-order valence-corrected chi connectivity index (χ4v) is 9.07. The van der Waals surface area contributed by atoms with Crippen molar-refractivity contribution in [2.24, 2.45) is 76.9 Å². The Balaban J connectivity index is 1.46. The van der Waals surface area contributed by atoms with Crippen LogP contribution in [-0.4, -0.2) is 7.85 Å². The Morgan fingerprint density at radius 2 is 0.778 bits per heavy atom. The Morgan fingerprint density at radius 1 is 0.444 bits per heavy atom. The molecule has 3 fully saturated rings. The van der Waals surface area contributed by atoms with Crippen molar-refractivity contribution in [1.82, 2.24) is 0 Å². The molecule has 6 atom stereocenters. The zero-order chi connectivity index (χ0) is 26.6. The summed E-state index contributed by atoms with van der Waals surface area (Å²) in [5, 5.41) is 0. The molecule has 0 nitrogen and oxygen atoms in total. The molecule has 3 saturated carbocycles. The first kappa shape index (κ1) is 30.6. The summed E-state index contributed by atoms with van der Waals surface area (Å²) < 4.78 is 0. The van der Waals surface area contributed by atoms with Crippen molar-refractivity contribution in [3.05, 3.63) is 0 Å². The van der Waals surface area contributed by atoms with Gasteiger partial charge in [0.25, 0.3) is 0 Å². The minimum Gasteiger partial charge on any atom is -0.0743 e. The maximum absolute atomic E-state index is 6.98. The van der Waals surface area contributed by atoms with Gasteiger partial charge in [0.1, 0.15) is 0 Å². The SMILES string of the molecule is [B]C(CC1CC(C(C)C)CC(C(C)C)C1)C1CCC(C(C)CC2CC(C(C)C)CC(C(C)C)C2)CC1. The van der Waals surface area contributed by atoms with Gasteiger partial charge in [0.2, 0.25) is 0 Å². The van der Waals surface area contributed by atoms with E-state index in [9.17, 15) is 0 Å². The molecule has 0 aromatic heterocycles. The van der Waals surface area contributed by atoms with Gasteiger partial charge in [-0.25, -0.2) is 0 Å². The second-order valence-corrected chi connectivity index (χ2v) is 16.0. The lowest BCUT2D eigenvalue weighted by Crippen LogP contribution is -2.32. The van der Waals surface area contributed by atoms with E-state index in [1.165, 1.54) is 77.0 Å². The van der Waals surface area contributed by atoms with E-state index >= 15 is 0 Å². The molecule has 0 spiro atoms. The van der Waals surface area contributed by atoms with Gasteiger partial charge in [0.15, 0.2) is 0 Å². The molecule has 36 heavy (non-hydrogen) atoms. The topological polar surface area (TPSA) is 0 Å². The summed E-state index contributed by atoms with van der Waals surface area (Å²) in [6.07, 6.45) is 17.3. The molecule has 0 bridgehead atoms. The third-order valence-corrected chi connectivity index (χ3v) is 12.1. The Labute approximate surface area is 229 Å². The molecule has 0 aliphatic heterocycles. The van der Waals surface area contributed by atoms with Gasteiger partial charge in [-0.1, -0.05) is 87.4 Å². The summed E-state index contributed by atoms with van der Waals surface area (Å²) in [6, 6.07) is 0. The summed E-state index contributed by atoms with van der Waals surface area (Å²) in [5.74, 6) is 12.1. The molecule has 6 unspecified atom stereocenters. The van der Waals surface area contributed by atoms with Crippen LogP contribution in [0.2, 0.25) is 5.82 Å². The first-order valence-corrected chi connectivity index (χ1v) is 16.7. The highest BCUT2D eigenvalue weighted by Gasteiger charge is 2.36. The quantitative estimate of drug-likeness (QED) is 0.264. The van der Waals surface area contributed by atoms with Gasteiger partial charge < -0.3 is 0 Å². The van der Waals surface area contributed by atoms with Gasteiger partial charge in [0, 0.05) is 0 Å². The van der Waals surface area contributed by atoms with Gasteiger partial charge in [-0.15, -0.1) is 0 Å². The molecule has 1 heteroatoms. The van der Waals surface area contributed by atoms with Crippen molar-refractivity contribution in [3.63, 3.8) is 0 Å². The lowest BCUT2D eigenvalue weighted by atomic mass is 9.60. The average Bonchev–Trinajstić information content (AvgIpc) is 2.83. The Morgan fingerprint density at radius 3 is 1.14 bits per heavy atom. The number of hydrogen-bond donors (Lipinski definition) is 0. The Kier molecular flexibility index (Phi) is 11.8. The van der Waals surface area contributed by atoms with Gasteiger partial charge in [0.05, 0.1) is 7.85 Å². The molecule has 0 aromatic rings. The minimum atomic E-state index is 0.446. The van der Waals surface area contributed by atoms with E-state index in [0.29, 0.717) is 5.82 Å². The highest BCUT2D eigenvalue weighted by atomic mass is 14.4. The third-order valence-electron chi connectivity index (χ3n) is 12.1. The molecule has 2 radical (unpaired) electrons. The predicted octanol–water partition coefficient (Wildman–Crippen LogP) is 10.9. The molecule has 208 valence electrons. The molecule has 0 saturated heterocycles. The molecule has 0 amide bonds. The van der Waals surface area contributed by atoms with Gasteiger partial charge in [-0.3, -0.25) is 0 Å². The summed E-state index contributed by atoms with van der Waals surface area (Å²) in [7, 11) is 6.98. The molecule has 3 aliphatic carbocycles. The van der Waals surface area contributed by atoms with Crippen molar-refractivity contribution in [2.45, 2.75) is 145 Å². The van der Waals surface area contributed by atoms with E-state index < -0.39 is 0 Å². The van der Waals surface area contributed by atoms with Gasteiger partial charge in [-0.2, -0.15) is 0 Å². The van der Waals surface area contributed by atoms with E-state index in [-0.39, 0.29) is 0 Å². The van der Waals surface area contributed by atoms with Crippen LogP contribution < -0.4 is 0 Å². The van der Waals surface area contributed by atoms with Crippen LogP contribution in [0.1, 0.15) is 139 Å². The van der Waals surface area contributed by atoms with Crippen LogP contribution in [0.5, 0.6) is 0 Å². The lowest BCUT2D eigenvalue weighted by molar-refractivity contribution is 0.0943. The molecule has 3 aliphatic rings. The van der Waals surface area contributed by atoms with Crippen molar-refractivity contribution in [2.75, 3.05) is 0 Å². The van der Waals surface area contributed by atoms with Crippen LogP contribution in [0.3, 0.4) is 0 Å². The monoisotopic (exact) mass is 497 g/mol. The van der Waals surface area contributed by atoms with E-state index in [1.54, 1.807) is 0 Å². The molecular weight excluding hydrogens is 431 g/mol. The first-order chi connectivity index (χ1) is 16.9. The molecule has 3 rings (SSSR count). The normalized spacial score (nSPS) is 38.1. The second kappa shape index (κ2) is 13.9. The van der Waals surface area contributed by atoms with Crippen LogP contribution in [0.15, 0.2) is 0 Å². The van der Waals surface area contributed by atoms with E-state index in [4.69, 9.17) is 7.85 Å². The van der Waals surface area contributed by atoms with Crippen LogP contribution in [0, 0.1) is 76.9 Å². The van der Waals surface area contributed by atoms with Crippen LogP contribution >= 0.6 is 0 Å². The van der Waals surface area contributed by atoms with Gasteiger partial charge in [-0.05, 0) is 135 Å². The summed E-state index contributed by atoms with van der Waals surface area (Å²) in [5.41, 5.74) is 0. The smallest absolute Gasteiger partial charge is 0.0703 e. The highest BCUT2D eigenvalue weighted by molar-refractivity contribution is 6.11. The van der Waals surface area contributed by atoms with Crippen molar-refractivity contribution < 1.29 is 0 Å². The Bertz CT molecular complexity index is 526. The first-order valence-electron chi connectivity index (χ1n) is 16.7. The fraction of sp³-hybridized carbons (Fsp3) is 1.00. The van der Waals surface area contributed by atoms with Crippen molar-refractivity contribution >= 4 is 7.85 Å². The number of hydrogen-bond acceptors (Lipinski definition) is 0. The zero-order valence-electron chi connectivity index (χ0n) is 26.1. The molecule has 0 heterocycles.